The molecule has 0 radical (unpaired) electrons. The van der Waals surface area contributed by atoms with Crippen LogP contribution in [0.2, 0.25) is 0 Å². The summed E-state index contributed by atoms with van der Waals surface area (Å²) < 4.78 is 0. The maximum atomic E-state index is 5.53. The highest BCUT2D eigenvalue weighted by Crippen LogP contribution is 2.34. The first-order valence-corrected chi connectivity index (χ1v) is 5.13. The van der Waals surface area contributed by atoms with E-state index in [1.165, 1.54) is 19.3 Å². The van der Waals surface area contributed by atoms with E-state index in [4.69, 9.17) is 5.84 Å². The van der Waals surface area contributed by atoms with Crippen LogP contribution in [0.25, 0.3) is 0 Å². The third-order valence-corrected chi connectivity index (χ3v) is 3.00. The van der Waals surface area contributed by atoms with E-state index < -0.39 is 0 Å². The Bertz CT molecular complexity index is 271. The Morgan fingerprint density at radius 1 is 1.50 bits per heavy atom. The number of hydrazine groups is 1. The number of rotatable bonds is 4. The zero-order valence-corrected chi connectivity index (χ0v) is 8.19. The predicted octanol–water partition coefficient (Wildman–Crippen LogP) is 1.17. The first-order valence-electron chi connectivity index (χ1n) is 5.13. The molecule has 3 N–H and O–H groups in total. The molecule has 1 aliphatic carbocycles. The molecule has 4 nitrogen and oxygen atoms in total. The van der Waals surface area contributed by atoms with Crippen molar-refractivity contribution in [3.63, 3.8) is 0 Å². The van der Waals surface area contributed by atoms with Gasteiger partial charge in [0.25, 0.3) is 0 Å². The summed E-state index contributed by atoms with van der Waals surface area (Å²) in [5.74, 6) is 6.37. The molecule has 2 rings (SSSR count). The average Bonchev–Trinajstić information content (AvgIpc) is 2.18. The molecule has 1 unspecified atom stereocenters. The number of hydrogen-bond donors (Lipinski definition) is 2. The molecule has 1 saturated carbocycles. The molecule has 76 valence electrons. The van der Waals surface area contributed by atoms with Gasteiger partial charge in [0, 0.05) is 12.2 Å². The van der Waals surface area contributed by atoms with Crippen molar-refractivity contribution in [2.75, 3.05) is 0 Å². The van der Waals surface area contributed by atoms with Crippen LogP contribution in [-0.2, 0) is 0 Å². The van der Waals surface area contributed by atoms with Crippen molar-refractivity contribution in [1.29, 1.82) is 0 Å². The van der Waals surface area contributed by atoms with Gasteiger partial charge in [-0.3, -0.25) is 11.3 Å². The maximum absolute atomic E-state index is 5.53. The van der Waals surface area contributed by atoms with Gasteiger partial charge in [-0.2, -0.15) is 10.2 Å². The minimum absolute atomic E-state index is 0.232. The number of nitrogens with two attached hydrogens (primary N) is 1. The van der Waals surface area contributed by atoms with Crippen molar-refractivity contribution in [1.82, 2.24) is 15.6 Å². The molecule has 0 aliphatic heterocycles. The van der Waals surface area contributed by atoms with Crippen molar-refractivity contribution in [2.45, 2.75) is 31.7 Å². The Morgan fingerprint density at radius 3 is 2.86 bits per heavy atom. The topological polar surface area (TPSA) is 63.8 Å². The lowest BCUT2D eigenvalue weighted by Crippen LogP contribution is -2.31. The number of aromatic nitrogens is 2. The average molecular weight is 192 g/mol. The van der Waals surface area contributed by atoms with Crippen LogP contribution in [0.3, 0.4) is 0 Å². The molecule has 0 saturated heterocycles. The number of nitrogens with zero attached hydrogens (tertiary/aromatic N) is 2. The fraction of sp³-hybridized carbons (Fsp3) is 0.600. The molecular formula is C10H16N4. The smallest absolute Gasteiger partial charge is 0.0544 e. The summed E-state index contributed by atoms with van der Waals surface area (Å²) in [6.45, 7) is 0. The molecule has 1 atom stereocenters. The van der Waals surface area contributed by atoms with Gasteiger partial charge >= 0.3 is 0 Å². The molecule has 0 bridgehead atoms. The van der Waals surface area contributed by atoms with Crippen molar-refractivity contribution in [2.24, 2.45) is 11.8 Å². The molecule has 1 heterocycles. The standard InChI is InChI=1S/C10H16N4/c11-14-10(6-8-2-1-3-8)9-4-5-12-13-7-9/h4-5,7-8,10,14H,1-3,6,11H2. The van der Waals surface area contributed by atoms with E-state index in [0.717, 1.165) is 17.9 Å². The van der Waals surface area contributed by atoms with Crippen LogP contribution in [0.1, 0.15) is 37.3 Å². The van der Waals surface area contributed by atoms with Crippen LogP contribution in [0.4, 0.5) is 0 Å². The highest BCUT2D eigenvalue weighted by Gasteiger charge is 2.22. The molecule has 0 amide bonds. The van der Waals surface area contributed by atoms with E-state index in [1.807, 2.05) is 6.07 Å². The lowest BCUT2D eigenvalue weighted by Gasteiger charge is -2.29. The lowest BCUT2D eigenvalue weighted by atomic mass is 9.80. The van der Waals surface area contributed by atoms with Crippen LogP contribution in [0.5, 0.6) is 0 Å². The summed E-state index contributed by atoms with van der Waals surface area (Å²) in [5, 5.41) is 7.62. The number of hydrogen-bond acceptors (Lipinski definition) is 4. The van der Waals surface area contributed by atoms with Crippen molar-refractivity contribution in [3.05, 3.63) is 24.0 Å². The fourth-order valence-corrected chi connectivity index (χ4v) is 1.87. The predicted molar refractivity (Wildman–Crippen MR) is 54.1 cm³/mol. The summed E-state index contributed by atoms with van der Waals surface area (Å²) in [6.07, 6.45) is 8.66. The van der Waals surface area contributed by atoms with Crippen molar-refractivity contribution >= 4 is 0 Å². The highest BCUT2D eigenvalue weighted by atomic mass is 15.2. The van der Waals surface area contributed by atoms with Gasteiger partial charge in [-0.15, -0.1) is 0 Å². The van der Waals surface area contributed by atoms with Gasteiger partial charge in [0.15, 0.2) is 0 Å². The summed E-state index contributed by atoms with van der Waals surface area (Å²) in [6, 6.07) is 2.20. The maximum Gasteiger partial charge on any atom is 0.0544 e. The van der Waals surface area contributed by atoms with Crippen molar-refractivity contribution in [3.8, 4) is 0 Å². The molecule has 1 aliphatic rings. The second-order valence-electron chi connectivity index (χ2n) is 3.93. The molecule has 0 aromatic carbocycles. The monoisotopic (exact) mass is 192 g/mol. The van der Waals surface area contributed by atoms with Crippen LogP contribution < -0.4 is 11.3 Å². The second kappa shape index (κ2) is 4.48. The van der Waals surface area contributed by atoms with Crippen LogP contribution >= 0.6 is 0 Å². The van der Waals surface area contributed by atoms with E-state index in [1.54, 1.807) is 12.4 Å². The van der Waals surface area contributed by atoms with Crippen LogP contribution in [-0.4, -0.2) is 10.2 Å². The first-order chi connectivity index (χ1) is 6.90. The van der Waals surface area contributed by atoms with Gasteiger partial charge in [0.05, 0.1) is 6.20 Å². The fourth-order valence-electron chi connectivity index (χ4n) is 1.87. The normalized spacial score (nSPS) is 18.9. The van der Waals surface area contributed by atoms with Crippen LogP contribution in [0, 0.1) is 5.92 Å². The van der Waals surface area contributed by atoms with Gasteiger partial charge in [-0.1, -0.05) is 19.3 Å². The third-order valence-electron chi connectivity index (χ3n) is 3.00. The van der Waals surface area contributed by atoms with Crippen molar-refractivity contribution < 1.29 is 0 Å². The number of nitrogens with one attached hydrogen (secondary N) is 1. The Kier molecular flexibility index (Phi) is 3.06. The zero-order chi connectivity index (χ0) is 9.80. The van der Waals surface area contributed by atoms with E-state index >= 15 is 0 Å². The second-order valence-corrected chi connectivity index (χ2v) is 3.93. The quantitative estimate of drug-likeness (QED) is 0.555. The van der Waals surface area contributed by atoms with E-state index in [-0.39, 0.29) is 6.04 Å². The van der Waals surface area contributed by atoms with E-state index in [9.17, 15) is 0 Å². The molecular weight excluding hydrogens is 176 g/mol. The third kappa shape index (κ3) is 2.08. The molecule has 14 heavy (non-hydrogen) atoms. The van der Waals surface area contributed by atoms with E-state index in [2.05, 4.69) is 15.6 Å². The Labute approximate surface area is 83.9 Å². The van der Waals surface area contributed by atoms with Gasteiger partial charge in [-0.05, 0) is 24.0 Å². The minimum atomic E-state index is 0.232. The Morgan fingerprint density at radius 2 is 2.36 bits per heavy atom. The SMILES string of the molecule is NNC(CC1CCC1)c1ccnnc1. The van der Waals surface area contributed by atoms with Gasteiger partial charge in [-0.25, -0.2) is 0 Å². The molecule has 4 heteroatoms. The molecule has 0 spiro atoms. The van der Waals surface area contributed by atoms with Crippen LogP contribution in [0.15, 0.2) is 18.5 Å². The summed E-state index contributed by atoms with van der Waals surface area (Å²) in [4.78, 5) is 0. The lowest BCUT2D eigenvalue weighted by molar-refractivity contribution is 0.261. The highest BCUT2D eigenvalue weighted by molar-refractivity contribution is 5.11. The Hall–Kier alpha value is -1.00. The largest absolute Gasteiger partial charge is 0.271 e. The van der Waals surface area contributed by atoms with Gasteiger partial charge < -0.3 is 0 Å². The van der Waals surface area contributed by atoms with E-state index in [0.29, 0.717) is 0 Å². The molecule has 1 aromatic heterocycles. The summed E-state index contributed by atoms with van der Waals surface area (Å²) in [7, 11) is 0. The Balaban J connectivity index is 1.98. The molecule has 1 fully saturated rings. The minimum Gasteiger partial charge on any atom is -0.271 e. The summed E-state index contributed by atoms with van der Waals surface area (Å²) >= 11 is 0. The van der Waals surface area contributed by atoms with Gasteiger partial charge in [0.1, 0.15) is 0 Å². The first kappa shape index (κ1) is 9.55. The zero-order valence-electron chi connectivity index (χ0n) is 8.19. The summed E-state index contributed by atoms with van der Waals surface area (Å²) in [5.41, 5.74) is 3.98. The van der Waals surface area contributed by atoms with Gasteiger partial charge in [0.2, 0.25) is 0 Å². The molecule has 1 aromatic rings.